The first kappa shape index (κ1) is 41.3. The second kappa shape index (κ2) is 18.2. The molecular formula is C46H50N2O8. The molecule has 0 aliphatic rings. The van der Waals surface area contributed by atoms with Crippen molar-refractivity contribution in [2.75, 3.05) is 13.2 Å². The highest BCUT2D eigenvalue weighted by atomic mass is 16.6. The van der Waals surface area contributed by atoms with Gasteiger partial charge in [-0.1, -0.05) is 91.0 Å². The van der Waals surface area contributed by atoms with Gasteiger partial charge in [0.05, 0.1) is 28.4 Å². The SMILES string of the molecule is CC(C)(C)C(=O)Oc1ccc(C(CN(Cc2ccccc2)[C@@H](CO)c2ccc(OCc3ccccc3)c([N+](=O)[O-])c2)c2ccc(OC(=O)C(C)(C)C)cc2)cc1. The molecule has 0 aliphatic carbocycles. The lowest BCUT2D eigenvalue weighted by Gasteiger charge is -2.34. The van der Waals surface area contributed by atoms with Crippen LogP contribution in [0.2, 0.25) is 0 Å². The minimum atomic E-state index is -0.683. The van der Waals surface area contributed by atoms with Gasteiger partial charge in [-0.25, -0.2) is 0 Å². The Morgan fingerprint density at radius 2 is 1.14 bits per heavy atom. The van der Waals surface area contributed by atoms with E-state index < -0.39 is 21.8 Å². The summed E-state index contributed by atoms with van der Waals surface area (Å²) in [6, 6.07) is 38.1. The van der Waals surface area contributed by atoms with Crippen molar-refractivity contribution in [1.29, 1.82) is 0 Å². The number of nitrogens with zero attached hydrogens (tertiary/aromatic N) is 2. The maximum absolute atomic E-state index is 12.7. The van der Waals surface area contributed by atoms with Crippen LogP contribution < -0.4 is 14.2 Å². The van der Waals surface area contributed by atoms with Gasteiger partial charge in [0, 0.05) is 25.1 Å². The van der Waals surface area contributed by atoms with Gasteiger partial charge in [-0.15, -0.1) is 0 Å². The number of nitro groups is 1. The normalized spacial score (nSPS) is 12.3. The third-order valence-corrected chi connectivity index (χ3v) is 9.27. The highest BCUT2D eigenvalue weighted by Gasteiger charge is 2.29. The molecule has 0 fully saturated rings. The number of hydrogen-bond acceptors (Lipinski definition) is 9. The lowest BCUT2D eigenvalue weighted by molar-refractivity contribution is -0.386. The minimum Gasteiger partial charge on any atom is -0.482 e. The fourth-order valence-electron chi connectivity index (χ4n) is 5.99. The summed E-state index contributed by atoms with van der Waals surface area (Å²) in [4.78, 5) is 39.3. The topological polar surface area (TPSA) is 128 Å². The van der Waals surface area contributed by atoms with E-state index in [9.17, 15) is 24.8 Å². The molecular weight excluding hydrogens is 709 g/mol. The molecule has 0 radical (unpaired) electrons. The predicted octanol–water partition coefficient (Wildman–Crippen LogP) is 9.44. The van der Waals surface area contributed by atoms with E-state index in [1.54, 1.807) is 77.9 Å². The van der Waals surface area contributed by atoms with Crippen LogP contribution in [0.25, 0.3) is 0 Å². The Bertz CT molecular complexity index is 2000. The number of aliphatic hydroxyl groups excluding tert-OH is 1. The summed E-state index contributed by atoms with van der Waals surface area (Å²) in [5.74, 6) is -0.0660. The first-order valence-corrected chi connectivity index (χ1v) is 18.6. The maximum Gasteiger partial charge on any atom is 0.316 e. The molecule has 10 heteroatoms. The Labute approximate surface area is 328 Å². The van der Waals surface area contributed by atoms with Gasteiger partial charge in [-0.05, 0) is 99.7 Å². The standard InChI is InChI=1S/C46H50N2O8/c1-45(2,3)43(50)55-37-22-17-34(18-23-37)39(35-19-24-38(25-20-35)56-44(51)46(4,5)6)29-47(28-32-13-9-7-10-14-32)41(30-49)36-21-26-42(40(27-36)48(52)53)54-31-33-15-11-8-12-16-33/h7-27,39,41,49H,28-31H2,1-6H3/t41-/m0/s1. The van der Waals surface area contributed by atoms with E-state index >= 15 is 0 Å². The molecule has 1 N–H and O–H groups in total. The molecule has 0 saturated carbocycles. The van der Waals surface area contributed by atoms with E-state index in [1.165, 1.54) is 6.07 Å². The molecule has 56 heavy (non-hydrogen) atoms. The van der Waals surface area contributed by atoms with Crippen molar-refractivity contribution in [3.8, 4) is 17.2 Å². The average molecular weight is 759 g/mol. The van der Waals surface area contributed by atoms with Gasteiger partial charge in [0.15, 0.2) is 5.75 Å². The van der Waals surface area contributed by atoms with E-state index in [0.717, 1.165) is 22.3 Å². The van der Waals surface area contributed by atoms with E-state index in [1.807, 2.05) is 84.9 Å². The summed E-state index contributed by atoms with van der Waals surface area (Å²) in [6.07, 6.45) is 0. The molecule has 0 heterocycles. The summed E-state index contributed by atoms with van der Waals surface area (Å²) in [7, 11) is 0. The lowest BCUT2D eigenvalue weighted by Crippen LogP contribution is -2.35. The van der Waals surface area contributed by atoms with Gasteiger partial charge < -0.3 is 19.3 Å². The van der Waals surface area contributed by atoms with Crippen molar-refractivity contribution in [3.63, 3.8) is 0 Å². The fraction of sp³-hybridized carbons (Fsp3) is 0.304. The van der Waals surface area contributed by atoms with E-state index in [0.29, 0.717) is 30.2 Å². The van der Waals surface area contributed by atoms with Gasteiger partial charge in [-0.2, -0.15) is 0 Å². The van der Waals surface area contributed by atoms with Gasteiger partial charge in [-0.3, -0.25) is 24.6 Å². The van der Waals surface area contributed by atoms with Gasteiger partial charge in [0.25, 0.3) is 0 Å². The lowest BCUT2D eigenvalue weighted by atomic mass is 9.89. The number of esters is 2. The molecule has 0 bridgehead atoms. The molecule has 5 aromatic carbocycles. The first-order valence-electron chi connectivity index (χ1n) is 18.6. The smallest absolute Gasteiger partial charge is 0.316 e. The highest BCUT2D eigenvalue weighted by molar-refractivity contribution is 5.78. The van der Waals surface area contributed by atoms with Crippen molar-refractivity contribution < 1.29 is 33.8 Å². The molecule has 1 atom stereocenters. The zero-order valence-electron chi connectivity index (χ0n) is 32.8. The largest absolute Gasteiger partial charge is 0.482 e. The maximum atomic E-state index is 12.7. The third-order valence-electron chi connectivity index (χ3n) is 9.27. The van der Waals surface area contributed by atoms with E-state index in [4.69, 9.17) is 14.2 Å². The van der Waals surface area contributed by atoms with Gasteiger partial charge in [0.1, 0.15) is 18.1 Å². The van der Waals surface area contributed by atoms with Crippen LogP contribution in [0.3, 0.4) is 0 Å². The average Bonchev–Trinajstić information content (AvgIpc) is 3.17. The predicted molar refractivity (Wildman–Crippen MR) is 215 cm³/mol. The van der Waals surface area contributed by atoms with Crippen LogP contribution in [-0.2, 0) is 22.7 Å². The quantitative estimate of drug-likeness (QED) is 0.0481. The molecule has 0 saturated heterocycles. The number of nitro benzene ring substituents is 1. The second-order valence-electron chi connectivity index (χ2n) is 15.8. The van der Waals surface area contributed by atoms with Crippen molar-refractivity contribution in [2.24, 2.45) is 10.8 Å². The number of hydrogen-bond donors (Lipinski definition) is 1. The zero-order valence-corrected chi connectivity index (χ0v) is 32.8. The van der Waals surface area contributed by atoms with Crippen LogP contribution in [-0.4, -0.2) is 40.0 Å². The Kier molecular flexibility index (Phi) is 13.4. The summed E-state index contributed by atoms with van der Waals surface area (Å²) in [6.45, 7) is 11.4. The molecule has 0 aliphatic heterocycles. The second-order valence-corrected chi connectivity index (χ2v) is 15.8. The molecule has 292 valence electrons. The summed E-state index contributed by atoms with van der Waals surface area (Å²) in [5, 5.41) is 23.5. The Morgan fingerprint density at radius 3 is 1.59 bits per heavy atom. The number of carbonyl (C=O) groups excluding carboxylic acids is 2. The fourth-order valence-corrected chi connectivity index (χ4v) is 5.99. The Morgan fingerprint density at radius 1 is 0.679 bits per heavy atom. The highest BCUT2D eigenvalue weighted by Crippen LogP contribution is 2.36. The zero-order chi connectivity index (χ0) is 40.5. The van der Waals surface area contributed by atoms with E-state index in [-0.39, 0.29) is 42.5 Å². The first-order chi connectivity index (χ1) is 26.6. The molecule has 0 amide bonds. The monoisotopic (exact) mass is 758 g/mol. The third kappa shape index (κ3) is 11.1. The molecule has 10 nitrogen and oxygen atoms in total. The van der Waals surface area contributed by atoms with Crippen LogP contribution in [0.5, 0.6) is 17.2 Å². The van der Waals surface area contributed by atoms with Gasteiger partial charge >= 0.3 is 17.6 Å². The number of ether oxygens (including phenoxy) is 3. The Balaban J connectivity index is 1.53. The van der Waals surface area contributed by atoms with Crippen molar-refractivity contribution in [3.05, 3.63) is 165 Å². The summed E-state index contributed by atoms with van der Waals surface area (Å²) >= 11 is 0. The summed E-state index contributed by atoms with van der Waals surface area (Å²) in [5.41, 5.74) is 2.63. The number of rotatable bonds is 15. The Hall–Kier alpha value is -5.84. The van der Waals surface area contributed by atoms with Crippen molar-refractivity contribution in [2.45, 2.75) is 66.7 Å². The minimum absolute atomic E-state index is 0.131. The molecule has 0 aromatic heterocycles. The number of carbonyl (C=O) groups is 2. The van der Waals surface area contributed by atoms with Crippen molar-refractivity contribution in [1.82, 2.24) is 4.90 Å². The van der Waals surface area contributed by atoms with Gasteiger partial charge in [0.2, 0.25) is 0 Å². The number of aliphatic hydroxyl groups is 1. The van der Waals surface area contributed by atoms with Crippen LogP contribution in [0.1, 0.15) is 81.3 Å². The van der Waals surface area contributed by atoms with Crippen LogP contribution in [0, 0.1) is 20.9 Å². The van der Waals surface area contributed by atoms with E-state index in [2.05, 4.69) is 4.90 Å². The molecule has 0 spiro atoms. The molecule has 5 aromatic rings. The molecule has 5 rings (SSSR count). The van der Waals surface area contributed by atoms with Crippen LogP contribution >= 0.6 is 0 Å². The van der Waals surface area contributed by atoms with Crippen molar-refractivity contribution >= 4 is 17.6 Å². The number of benzene rings is 5. The van der Waals surface area contributed by atoms with Crippen LogP contribution in [0.15, 0.2) is 127 Å². The molecule has 0 unspecified atom stereocenters. The van der Waals surface area contributed by atoms with Crippen LogP contribution in [0.4, 0.5) is 5.69 Å². The summed E-state index contributed by atoms with van der Waals surface area (Å²) < 4.78 is 17.2.